The highest BCUT2D eigenvalue weighted by atomic mass is 35.5. The van der Waals surface area contributed by atoms with Crippen molar-refractivity contribution in [1.82, 2.24) is 4.72 Å². The molecule has 0 bridgehead atoms. The number of halogens is 1. The van der Waals surface area contributed by atoms with Gasteiger partial charge in [0.15, 0.2) is 0 Å². The predicted molar refractivity (Wildman–Crippen MR) is 65.1 cm³/mol. The molecule has 2 N–H and O–H groups in total. The van der Waals surface area contributed by atoms with E-state index in [0.29, 0.717) is 12.3 Å². The van der Waals surface area contributed by atoms with E-state index in [1.54, 1.807) is 0 Å². The molecule has 0 radical (unpaired) electrons. The molecule has 0 spiro atoms. The fourth-order valence-electron chi connectivity index (χ4n) is 2.09. The first-order valence-corrected chi connectivity index (χ1v) is 7.94. The van der Waals surface area contributed by atoms with Crippen LogP contribution in [0.3, 0.4) is 0 Å². The number of aliphatic hydroxyl groups is 1. The van der Waals surface area contributed by atoms with Crippen LogP contribution in [-0.4, -0.2) is 37.8 Å². The summed E-state index contributed by atoms with van der Waals surface area (Å²) in [5, 5.41) is 9.10. The lowest BCUT2D eigenvalue weighted by atomic mass is 10.1. The van der Waals surface area contributed by atoms with Crippen LogP contribution in [-0.2, 0) is 10.0 Å². The molecule has 16 heavy (non-hydrogen) atoms. The molecule has 1 saturated carbocycles. The van der Waals surface area contributed by atoms with Crippen LogP contribution in [0.4, 0.5) is 0 Å². The number of sulfonamides is 1. The summed E-state index contributed by atoms with van der Waals surface area (Å²) in [6, 6.07) is -0.0778. The maximum absolute atomic E-state index is 11.7. The van der Waals surface area contributed by atoms with E-state index in [0.717, 1.165) is 25.7 Å². The predicted octanol–water partition coefficient (Wildman–Crippen LogP) is 1.09. The number of rotatable bonds is 7. The summed E-state index contributed by atoms with van der Waals surface area (Å²) >= 11 is 5.50. The summed E-state index contributed by atoms with van der Waals surface area (Å²) in [5.41, 5.74) is 0. The zero-order chi connectivity index (χ0) is 12.0. The van der Waals surface area contributed by atoms with Crippen LogP contribution in [0.1, 0.15) is 32.1 Å². The number of unbranched alkanes of at least 4 members (excludes halogenated alkanes) is 1. The van der Waals surface area contributed by atoms with Gasteiger partial charge >= 0.3 is 0 Å². The van der Waals surface area contributed by atoms with Gasteiger partial charge in [-0.3, -0.25) is 0 Å². The summed E-state index contributed by atoms with van der Waals surface area (Å²) in [7, 11) is -3.20. The Balaban J connectivity index is 2.39. The van der Waals surface area contributed by atoms with Crippen LogP contribution in [0.2, 0.25) is 0 Å². The van der Waals surface area contributed by atoms with Crippen molar-refractivity contribution in [3.05, 3.63) is 0 Å². The van der Waals surface area contributed by atoms with Crippen molar-refractivity contribution in [2.75, 3.05) is 18.2 Å². The van der Waals surface area contributed by atoms with Crippen LogP contribution in [0.25, 0.3) is 0 Å². The minimum absolute atomic E-state index is 0.0644. The molecule has 0 saturated heterocycles. The van der Waals surface area contributed by atoms with E-state index in [2.05, 4.69) is 4.72 Å². The maximum Gasteiger partial charge on any atom is 0.211 e. The number of alkyl halides is 1. The normalized spacial score (nSPS) is 26.1. The Morgan fingerprint density at radius 3 is 2.69 bits per heavy atom. The van der Waals surface area contributed by atoms with Crippen molar-refractivity contribution in [1.29, 1.82) is 0 Å². The summed E-state index contributed by atoms with van der Waals surface area (Å²) in [6.45, 7) is 0.0644. The Hall–Kier alpha value is 0.160. The molecule has 0 heterocycles. The standard InChI is InChI=1S/C10H20ClNO3S/c11-6-1-2-7-16(14,15)12-10-5-3-4-9(10)8-13/h9-10,12-13H,1-8H2. The molecule has 0 amide bonds. The van der Waals surface area contributed by atoms with E-state index in [9.17, 15) is 8.42 Å². The average Bonchev–Trinajstić information content (AvgIpc) is 2.64. The van der Waals surface area contributed by atoms with E-state index in [1.807, 2.05) is 0 Å². The first kappa shape index (κ1) is 14.2. The van der Waals surface area contributed by atoms with Gasteiger partial charge in [0, 0.05) is 18.5 Å². The second kappa shape index (κ2) is 6.79. The fraction of sp³-hybridized carbons (Fsp3) is 1.00. The smallest absolute Gasteiger partial charge is 0.211 e. The molecule has 0 aromatic rings. The first-order valence-electron chi connectivity index (χ1n) is 5.76. The Kier molecular flexibility index (Phi) is 6.03. The van der Waals surface area contributed by atoms with Crippen LogP contribution in [0.15, 0.2) is 0 Å². The molecule has 0 aromatic heterocycles. The first-order chi connectivity index (χ1) is 7.59. The highest BCUT2D eigenvalue weighted by Crippen LogP contribution is 2.25. The van der Waals surface area contributed by atoms with E-state index >= 15 is 0 Å². The van der Waals surface area contributed by atoms with Crippen molar-refractivity contribution in [3.63, 3.8) is 0 Å². The number of aliphatic hydroxyl groups excluding tert-OH is 1. The van der Waals surface area contributed by atoms with E-state index < -0.39 is 10.0 Å². The largest absolute Gasteiger partial charge is 0.396 e. The van der Waals surface area contributed by atoms with Crippen molar-refractivity contribution in [2.24, 2.45) is 5.92 Å². The number of nitrogens with one attached hydrogen (secondary N) is 1. The molecule has 2 unspecified atom stereocenters. The Morgan fingerprint density at radius 2 is 2.06 bits per heavy atom. The van der Waals surface area contributed by atoms with Gasteiger partial charge in [-0.05, 0) is 31.6 Å². The zero-order valence-corrected chi connectivity index (χ0v) is 10.9. The van der Waals surface area contributed by atoms with Gasteiger partial charge in [-0.1, -0.05) is 6.42 Å². The molecule has 0 aromatic carbocycles. The number of hydrogen-bond acceptors (Lipinski definition) is 3. The molecular weight excluding hydrogens is 250 g/mol. The topological polar surface area (TPSA) is 66.4 Å². The molecule has 2 atom stereocenters. The SMILES string of the molecule is O=S(=O)(CCCCCl)NC1CCCC1CO. The molecule has 1 aliphatic rings. The fourth-order valence-corrected chi connectivity index (χ4v) is 3.75. The summed E-state index contributed by atoms with van der Waals surface area (Å²) < 4.78 is 26.1. The number of hydrogen-bond donors (Lipinski definition) is 2. The summed E-state index contributed by atoms with van der Waals surface area (Å²) in [6.07, 6.45) is 4.04. The van der Waals surface area contributed by atoms with Gasteiger partial charge in [0.05, 0.1) is 5.75 Å². The average molecular weight is 270 g/mol. The summed E-state index contributed by atoms with van der Waals surface area (Å²) in [5.74, 6) is 0.717. The molecule has 6 heteroatoms. The highest BCUT2D eigenvalue weighted by Gasteiger charge is 2.29. The van der Waals surface area contributed by atoms with Crippen molar-refractivity contribution in [3.8, 4) is 0 Å². The van der Waals surface area contributed by atoms with Gasteiger partial charge < -0.3 is 5.11 Å². The van der Waals surface area contributed by atoms with Gasteiger partial charge in [-0.2, -0.15) is 0 Å². The van der Waals surface area contributed by atoms with Gasteiger partial charge in [0.1, 0.15) is 0 Å². The van der Waals surface area contributed by atoms with Crippen LogP contribution in [0.5, 0.6) is 0 Å². The molecule has 0 aliphatic heterocycles. The zero-order valence-electron chi connectivity index (χ0n) is 9.36. The highest BCUT2D eigenvalue weighted by molar-refractivity contribution is 7.89. The third-order valence-electron chi connectivity index (χ3n) is 3.02. The second-order valence-electron chi connectivity index (χ2n) is 4.31. The Labute approximate surface area is 102 Å². The molecular formula is C10H20ClNO3S. The third-order valence-corrected chi connectivity index (χ3v) is 4.78. The Morgan fingerprint density at radius 1 is 1.31 bits per heavy atom. The molecule has 1 aliphatic carbocycles. The van der Waals surface area contributed by atoms with E-state index in [1.165, 1.54) is 0 Å². The van der Waals surface area contributed by atoms with Gasteiger partial charge in [-0.25, -0.2) is 13.1 Å². The molecule has 1 rings (SSSR count). The van der Waals surface area contributed by atoms with Crippen LogP contribution < -0.4 is 4.72 Å². The van der Waals surface area contributed by atoms with Gasteiger partial charge in [-0.15, -0.1) is 11.6 Å². The van der Waals surface area contributed by atoms with Crippen molar-refractivity contribution in [2.45, 2.75) is 38.1 Å². The quantitative estimate of drug-likeness (QED) is 0.537. The minimum atomic E-state index is -3.20. The molecule has 96 valence electrons. The third kappa shape index (κ3) is 4.57. The van der Waals surface area contributed by atoms with E-state index in [4.69, 9.17) is 16.7 Å². The van der Waals surface area contributed by atoms with E-state index in [-0.39, 0.29) is 24.3 Å². The lowest BCUT2D eigenvalue weighted by molar-refractivity contribution is 0.213. The van der Waals surface area contributed by atoms with Gasteiger partial charge in [0.25, 0.3) is 0 Å². The summed E-state index contributed by atoms with van der Waals surface area (Å²) in [4.78, 5) is 0. The van der Waals surface area contributed by atoms with Crippen molar-refractivity contribution >= 4 is 21.6 Å². The second-order valence-corrected chi connectivity index (χ2v) is 6.56. The lowest BCUT2D eigenvalue weighted by Crippen LogP contribution is -2.39. The van der Waals surface area contributed by atoms with Crippen LogP contribution >= 0.6 is 11.6 Å². The maximum atomic E-state index is 11.7. The van der Waals surface area contributed by atoms with Crippen molar-refractivity contribution < 1.29 is 13.5 Å². The lowest BCUT2D eigenvalue weighted by Gasteiger charge is -2.18. The monoisotopic (exact) mass is 269 g/mol. The van der Waals surface area contributed by atoms with Gasteiger partial charge in [0.2, 0.25) is 10.0 Å². The molecule has 4 nitrogen and oxygen atoms in total. The molecule has 1 fully saturated rings. The Bertz CT molecular complexity index is 294. The minimum Gasteiger partial charge on any atom is -0.396 e. The van der Waals surface area contributed by atoms with Crippen LogP contribution in [0, 0.1) is 5.92 Å².